The standard InChI is InChI=1S/C19H25N7O3S2/c27-17(28)7-3-5-11-26(13-8-9-14-15(12-13)31-19(30)21-14)18(29)20-10-4-1-2-6-16-22-24-25-23-16/h8-9,12H,1-7,10-11H2,(H,20,29)(H,21,30)(H,27,28)(H,22,23,24,25). The van der Waals surface area contributed by atoms with Gasteiger partial charge in [-0.05, 0) is 56.1 Å². The first-order valence-corrected chi connectivity index (χ1v) is 11.4. The number of nitrogens with zero attached hydrogens (tertiary/aromatic N) is 4. The summed E-state index contributed by atoms with van der Waals surface area (Å²) in [6.45, 7) is 1.00. The van der Waals surface area contributed by atoms with Gasteiger partial charge in [-0.2, -0.15) is 5.21 Å². The van der Waals surface area contributed by atoms with E-state index in [-0.39, 0.29) is 12.5 Å². The van der Waals surface area contributed by atoms with Gasteiger partial charge in [-0.25, -0.2) is 4.79 Å². The number of amides is 2. The number of tetrazole rings is 1. The molecule has 0 radical (unpaired) electrons. The molecular formula is C19H25N7O3S2. The molecule has 0 aliphatic carbocycles. The minimum absolute atomic E-state index is 0.0913. The Labute approximate surface area is 188 Å². The number of hydrogen-bond acceptors (Lipinski definition) is 7. The second-order valence-corrected chi connectivity index (χ2v) is 8.79. The lowest BCUT2D eigenvalue weighted by molar-refractivity contribution is -0.137. The molecule has 0 atom stereocenters. The van der Waals surface area contributed by atoms with Gasteiger partial charge in [-0.3, -0.25) is 9.69 Å². The molecule has 2 amide bonds. The van der Waals surface area contributed by atoms with Crippen LogP contribution in [0, 0.1) is 3.95 Å². The molecule has 0 saturated carbocycles. The van der Waals surface area contributed by atoms with Crippen LogP contribution in [0.3, 0.4) is 0 Å². The van der Waals surface area contributed by atoms with E-state index in [1.165, 1.54) is 11.3 Å². The molecule has 3 rings (SSSR count). The highest BCUT2D eigenvalue weighted by molar-refractivity contribution is 7.73. The number of urea groups is 1. The summed E-state index contributed by atoms with van der Waals surface area (Å²) < 4.78 is 1.66. The van der Waals surface area contributed by atoms with E-state index >= 15 is 0 Å². The number of hydrogen-bond donors (Lipinski definition) is 4. The number of aliphatic carboxylic acids is 1. The van der Waals surface area contributed by atoms with Gasteiger partial charge in [0.05, 0.1) is 10.2 Å². The van der Waals surface area contributed by atoms with Crippen LogP contribution in [-0.2, 0) is 11.2 Å². The average molecular weight is 464 g/mol. The number of fused-ring (bicyclic) bond motifs is 1. The van der Waals surface area contributed by atoms with E-state index in [0.717, 1.165) is 41.6 Å². The molecule has 4 N–H and O–H groups in total. The monoisotopic (exact) mass is 463 g/mol. The first kappa shape index (κ1) is 22.8. The Balaban J connectivity index is 1.54. The Morgan fingerprint density at radius 1 is 1.19 bits per heavy atom. The second-order valence-electron chi connectivity index (χ2n) is 7.07. The number of aryl methyl sites for hydroxylation is 1. The van der Waals surface area contributed by atoms with Crippen molar-refractivity contribution < 1.29 is 14.7 Å². The number of rotatable bonds is 12. The van der Waals surface area contributed by atoms with Crippen molar-refractivity contribution in [2.45, 2.75) is 44.9 Å². The Kier molecular flexibility index (Phi) is 8.47. The summed E-state index contributed by atoms with van der Waals surface area (Å²) in [6.07, 6.45) is 4.66. The van der Waals surface area contributed by atoms with Crippen LogP contribution in [-0.4, -0.2) is 55.8 Å². The van der Waals surface area contributed by atoms with Crippen LogP contribution in [0.25, 0.3) is 10.2 Å². The average Bonchev–Trinajstić information content (AvgIpc) is 3.38. The summed E-state index contributed by atoms with van der Waals surface area (Å²) in [5, 5.41) is 25.6. The highest BCUT2D eigenvalue weighted by Gasteiger charge is 2.16. The fourth-order valence-corrected chi connectivity index (χ4v) is 4.31. The predicted octanol–water partition coefficient (Wildman–Crippen LogP) is 3.66. The van der Waals surface area contributed by atoms with E-state index in [1.807, 2.05) is 18.2 Å². The summed E-state index contributed by atoms with van der Waals surface area (Å²) in [4.78, 5) is 28.4. The molecule has 0 aliphatic heterocycles. The maximum absolute atomic E-state index is 12.9. The number of aromatic nitrogens is 5. The molecule has 0 saturated heterocycles. The third-order valence-electron chi connectivity index (χ3n) is 4.73. The third-order valence-corrected chi connectivity index (χ3v) is 5.92. The maximum atomic E-state index is 12.9. The van der Waals surface area contributed by atoms with Crippen molar-refractivity contribution in [2.24, 2.45) is 0 Å². The predicted molar refractivity (Wildman–Crippen MR) is 121 cm³/mol. The molecule has 1 aromatic carbocycles. The molecular weight excluding hydrogens is 438 g/mol. The van der Waals surface area contributed by atoms with Crippen LogP contribution in [0.4, 0.5) is 10.5 Å². The Bertz CT molecular complexity index is 1050. The van der Waals surface area contributed by atoms with Crippen molar-refractivity contribution in [1.82, 2.24) is 30.9 Å². The van der Waals surface area contributed by atoms with Crippen LogP contribution in [0.2, 0.25) is 0 Å². The molecule has 0 aliphatic rings. The Morgan fingerprint density at radius 2 is 2.06 bits per heavy atom. The van der Waals surface area contributed by atoms with E-state index in [2.05, 4.69) is 30.9 Å². The van der Waals surface area contributed by atoms with Crippen molar-refractivity contribution in [3.05, 3.63) is 28.0 Å². The molecule has 10 nitrogen and oxygen atoms in total. The molecule has 3 aromatic rings. The topological polar surface area (TPSA) is 140 Å². The van der Waals surface area contributed by atoms with Gasteiger partial charge < -0.3 is 15.4 Å². The highest BCUT2D eigenvalue weighted by atomic mass is 32.1. The van der Waals surface area contributed by atoms with E-state index in [0.29, 0.717) is 35.7 Å². The minimum Gasteiger partial charge on any atom is -0.481 e. The van der Waals surface area contributed by atoms with Crippen LogP contribution in [0.5, 0.6) is 0 Å². The zero-order chi connectivity index (χ0) is 22.1. The van der Waals surface area contributed by atoms with Gasteiger partial charge in [0.15, 0.2) is 9.78 Å². The van der Waals surface area contributed by atoms with Crippen LogP contribution in [0.15, 0.2) is 18.2 Å². The summed E-state index contributed by atoms with van der Waals surface area (Å²) in [5.74, 6) is -0.134. The maximum Gasteiger partial charge on any atom is 0.321 e. The second kappa shape index (κ2) is 11.5. The number of H-pyrrole nitrogens is 2. The van der Waals surface area contributed by atoms with Crippen LogP contribution in [0.1, 0.15) is 44.3 Å². The van der Waals surface area contributed by atoms with Gasteiger partial charge in [-0.15, -0.1) is 21.5 Å². The van der Waals surface area contributed by atoms with Crippen molar-refractivity contribution in [2.75, 3.05) is 18.0 Å². The Morgan fingerprint density at radius 3 is 2.84 bits per heavy atom. The van der Waals surface area contributed by atoms with Crippen molar-refractivity contribution >= 4 is 51.5 Å². The highest BCUT2D eigenvalue weighted by Crippen LogP contribution is 2.26. The largest absolute Gasteiger partial charge is 0.481 e. The molecule has 0 fully saturated rings. The molecule has 0 unspecified atom stereocenters. The number of carboxylic acids is 1. The van der Waals surface area contributed by atoms with Gasteiger partial charge in [0, 0.05) is 31.6 Å². The molecule has 0 spiro atoms. The summed E-state index contributed by atoms with van der Waals surface area (Å²) in [7, 11) is 0. The normalized spacial score (nSPS) is 11.0. The van der Waals surface area contributed by atoms with Gasteiger partial charge in [0.25, 0.3) is 0 Å². The summed E-state index contributed by atoms with van der Waals surface area (Å²) in [6, 6.07) is 5.54. The number of aromatic amines is 2. The Hall–Kier alpha value is -2.86. The zero-order valence-corrected chi connectivity index (χ0v) is 18.6. The first-order valence-electron chi connectivity index (χ1n) is 10.2. The number of anilines is 1. The molecule has 166 valence electrons. The minimum atomic E-state index is -0.828. The number of nitrogens with one attached hydrogen (secondary N) is 3. The summed E-state index contributed by atoms with van der Waals surface area (Å²) >= 11 is 6.66. The molecule has 12 heteroatoms. The van der Waals surface area contributed by atoms with Gasteiger partial charge in [0.2, 0.25) is 0 Å². The first-order chi connectivity index (χ1) is 15.0. The van der Waals surface area contributed by atoms with E-state index < -0.39 is 5.97 Å². The SMILES string of the molecule is O=C(O)CCCCN(C(=O)NCCCCCc1nn[nH]n1)c1ccc2[nH]c(=S)sc2c1. The molecule has 31 heavy (non-hydrogen) atoms. The fraction of sp³-hybridized carbons (Fsp3) is 0.474. The number of benzene rings is 1. The lowest BCUT2D eigenvalue weighted by Gasteiger charge is -2.23. The van der Waals surface area contributed by atoms with Crippen LogP contribution < -0.4 is 10.2 Å². The van der Waals surface area contributed by atoms with E-state index in [1.54, 1.807) is 4.90 Å². The number of carbonyl (C=O) groups excluding carboxylic acids is 1. The quantitative estimate of drug-likeness (QED) is 0.237. The van der Waals surface area contributed by atoms with Gasteiger partial charge in [0.1, 0.15) is 0 Å². The van der Waals surface area contributed by atoms with Crippen molar-refractivity contribution in [1.29, 1.82) is 0 Å². The lowest BCUT2D eigenvalue weighted by atomic mass is 10.2. The number of carbonyl (C=O) groups is 2. The lowest BCUT2D eigenvalue weighted by Crippen LogP contribution is -2.41. The van der Waals surface area contributed by atoms with E-state index in [4.69, 9.17) is 17.3 Å². The molecule has 2 heterocycles. The van der Waals surface area contributed by atoms with Gasteiger partial charge >= 0.3 is 12.0 Å². The fourth-order valence-electron chi connectivity index (χ4n) is 3.16. The van der Waals surface area contributed by atoms with Crippen molar-refractivity contribution in [3.63, 3.8) is 0 Å². The van der Waals surface area contributed by atoms with E-state index in [9.17, 15) is 9.59 Å². The van der Waals surface area contributed by atoms with Crippen LogP contribution >= 0.6 is 23.6 Å². The number of carboxylic acid groups (broad SMARTS) is 1. The summed E-state index contributed by atoms with van der Waals surface area (Å²) in [5.41, 5.74) is 1.70. The number of unbranched alkanes of at least 4 members (excludes halogenated alkanes) is 3. The van der Waals surface area contributed by atoms with Gasteiger partial charge in [-0.1, -0.05) is 11.6 Å². The zero-order valence-electron chi connectivity index (χ0n) is 17.0. The number of thiazole rings is 1. The smallest absolute Gasteiger partial charge is 0.321 e. The molecule has 2 aromatic heterocycles. The van der Waals surface area contributed by atoms with Crippen molar-refractivity contribution in [3.8, 4) is 0 Å². The molecule has 0 bridgehead atoms. The third kappa shape index (κ3) is 7.10.